The van der Waals surface area contributed by atoms with Crippen LogP contribution in [0.15, 0.2) is 60.9 Å². The second kappa shape index (κ2) is 6.44. The highest BCUT2D eigenvalue weighted by atomic mass is 19.1. The molecule has 0 aliphatic rings. The molecule has 0 aliphatic carbocycles. The van der Waals surface area contributed by atoms with Crippen molar-refractivity contribution in [1.29, 1.82) is 0 Å². The largest absolute Gasteiger partial charge is 0.493 e. The van der Waals surface area contributed by atoms with Crippen LogP contribution in [0.1, 0.15) is 12.8 Å². The van der Waals surface area contributed by atoms with Crippen LogP contribution in [-0.2, 0) is 0 Å². The Morgan fingerprint density at radius 3 is 2.71 bits per heavy atom. The third-order valence-electron chi connectivity index (χ3n) is 3.49. The minimum atomic E-state index is -0.282. The number of aromatic nitrogens is 1. The number of halogens is 1. The van der Waals surface area contributed by atoms with E-state index in [0.717, 1.165) is 28.8 Å². The molecule has 2 aromatic heterocycles. The van der Waals surface area contributed by atoms with Gasteiger partial charge >= 0.3 is 0 Å². The fourth-order valence-electron chi connectivity index (χ4n) is 2.41. The van der Waals surface area contributed by atoms with Crippen LogP contribution >= 0.6 is 0 Å². The Kier molecular flexibility index (Phi) is 4.20. The number of hydrogen-bond donors (Lipinski definition) is 0. The molecule has 1 aromatic carbocycles. The van der Waals surface area contributed by atoms with E-state index in [1.807, 2.05) is 36.5 Å². The Labute approximate surface area is 123 Å². The number of benzene rings is 1. The molecule has 108 valence electrons. The minimum absolute atomic E-state index is 0.282. The predicted octanol–water partition coefficient (Wildman–Crippen LogP) is 4.73. The number of nitrogens with zero attached hydrogens (tertiary/aromatic N) is 1. The molecule has 3 heteroatoms. The summed E-state index contributed by atoms with van der Waals surface area (Å²) in [7, 11) is 0. The lowest BCUT2D eigenvalue weighted by atomic mass is 10.1. The monoisotopic (exact) mass is 283 g/mol. The highest BCUT2D eigenvalue weighted by Gasteiger charge is 2.08. The quantitative estimate of drug-likeness (QED) is 0.596. The van der Waals surface area contributed by atoms with E-state index in [9.17, 15) is 4.39 Å². The smallest absolute Gasteiger partial charge is 0.127 e. The summed E-state index contributed by atoms with van der Waals surface area (Å²) < 4.78 is 20.0. The van der Waals surface area contributed by atoms with E-state index in [0.29, 0.717) is 13.0 Å². The molecule has 2 heterocycles. The minimum Gasteiger partial charge on any atom is -0.493 e. The molecule has 0 saturated heterocycles. The average Bonchev–Trinajstić information content (AvgIpc) is 2.96. The highest BCUT2D eigenvalue weighted by Crippen LogP contribution is 2.31. The number of alkyl halides is 1. The van der Waals surface area contributed by atoms with Crippen molar-refractivity contribution in [3.8, 4) is 16.9 Å². The summed E-state index contributed by atoms with van der Waals surface area (Å²) in [6.45, 7) is 0.268. The second-order valence-corrected chi connectivity index (χ2v) is 5.00. The molecule has 3 aromatic rings. The summed E-state index contributed by atoms with van der Waals surface area (Å²) in [5.74, 6) is 0.854. The number of ether oxygens (including phenoxy) is 1. The number of pyridine rings is 1. The van der Waals surface area contributed by atoms with E-state index in [2.05, 4.69) is 28.8 Å². The lowest BCUT2D eigenvalue weighted by Gasteiger charge is -2.10. The van der Waals surface area contributed by atoms with Gasteiger partial charge in [-0.15, -0.1) is 0 Å². The maximum absolute atomic E-state index is 12.1. The van der Waals surface area contributed by atoms with Gasteiger partial charge in [0.2, 0.25) is 0 Å². The third-order valence-corrected chi connectivity index (χ3v) is 3.49. The van der Waals surface area contributed by atoms with E-state index in [1.54, 1.807) is 0 Å². The van der Waals surface area contributed by atoms with Gasteiger partial charge in [0.05, 0.1) is 13.3 Å². The molecule has 0 saturated carbocycles. The lowest BCUT2D eigenvalue weighted by molar-refractivity contribution is 0.298. The van der Waals surface area contributed by atoms with Gasteiger partial charge in [0, 0.05) is 29.0 Å². The van der Waals surface area contributed by atoms with Crippen molar-refractivity contribution in [2.75, 3.05) is 13.3 Å². The summed E-state index contributed by atoms with van der Waals surface area (Å²) in [4.78, 5) is 0. The topological polar surface area (TPSA) is 13.6 Å². The van der Waals surface area contributed by atoms with Crippen LogP contribution in [0.5, 0.6) is 5.75 Å². The first kappa shape index (κ1) is 13.7. The summed E-state index contributed by atoms with van der Waals surface area (Å²) in [5, 5.41) is 0. The van der Waals surface area contributed by atoms with Gasteiger partial charge in [-0.05, 0) is 37.1 Å². The van der Waals surface area contributed by atoms with Crippen molar-refractivity contribution in [1.82, 2.24) is 4.40 Å². The van der Waals surface area contributed by atoms with Crippen molar-refractivity contribution < 1.29 is 9.13 Å². The van der Waals surface area contributed by atoms with Crippen LogP contribution < -0.4 is 4.74 Å². The second-order valence-electron chi connectivity index (χ2n) is 5.00. The van der Waals surface area contributed by atoms with E-state index in [-0.39, 0.29) is 6.67 Å². The molecule has 0 atom stereocenters. The van der Waals surface area contributed by atoms with Crippen LogP contribution in [-0.4, -0.2) is 17.7 Å². The SMILES string of the molecule is FCCCCOc1ccccc1-c1cc2ccccn2c1. The van der Waals surface area contributed by atoms with E-state index >= 15 is 0 Å². The Bertz CT molecular complexity index is 687. The average molecular weight is 283 g/mol. The van der Waals surface area contributed by atoms with Gasteiger partial charge in [0.25, 0.3) is 0 Å². The molecule has 21 heavy (non-hydrogen) atoms. The van der Waals surface area contributed by atoms with Crippen LogP contribution in [0.2, 0.25) is 0 Å². The Morgan fingerprint density at radius 1 is 1.00 bits per heavy atom. The standard InChI is InChI=1S/C18H18FNO/c19-10-4-6-12-21-18-9-2-1-8-17(18)15-13-16-7-3-5-11-20(16)14-15/h1-3,5,7-9,11,13-14H,4,6,10,12H2. The Hall–Kier alpha value is -2.29. The fraction of sp³-hybridized carbons (Fsp3) is 0.222. The maximum atomic E-state index is 12.1. The van der Waals surface area contributed by atoms with E-state index in [4.69, 9.17) is 4.74 Å². The summed E-state index contributed by atoms with van der Waals surface area (Å²) >= 11 is 0. The van der Waals surface area contributed by atoms with Gasteiger partial charge in [-0.2, -0.15) is 0 Å². The van der Waals surface area contributed by atoms with Gasteiger partial charge in [0.15, 0.2) is 0 Å². The van der Waals surface area contributed by atoms with Crippen molar-refractivity contribution in [2.45, 2.75) is 12.8 Å². The number of rotatable bonds is 6. The summed E-state index contributed by atoms with van der Waals surface area (Å²) in [6.07, 6.45) is 5.42. The molecule has 0 spiro atoms. The molecule has 2 nitrogen and oxygen atoms in total. The Balaban J connectivity index is 1.87. The molecule has 0 N–H and O–H groups in total. The van der Waals surface area contributed by atoms with Gasteiger partial charge in [0.1, 0.15) is 5.75 Å². The van der Waals surface area contributed by atoms with Crippen LogP contribution in [0.3, 0.4) is 0 Å². The summed E-state index contributed by atoms with van der Waals surface area (Å²) in [5.41, 5.74) is 3.35. The molecular formula is C18H18FNO. The van der Waals surface area contributed by atoms with Crippen LogP contribution in [0.4, 0.5) is 4.39 Å². The predicted molar refractivity (Wildman–Crippen MR) is 83.5 cm³/mol. The normalized spacial score (nSPS) is 10.9. The van der Waals surface area contributed by atoms with Crippen LogP contribution in [0.25, 0.3) is 16.6 Å². The first-order valence-electron chi connectivity index (χ1n) is 7.23. The zero-order chi connectivity index (χ0) is 14.5. The zero-order valence-corrected chi connectivity index (χ0v) is 11.8. The van der Waals surface area contributed by atoms with Crippen molar-refractivity contribution in [3.63, 3.8) is 0 Å². The Morgan fingerprint density at radius 2 is 1.86 bits per heavy atom. The molecule has 0 bridgehead atoms. The number of fused-ring (bicyclic) bond motifs is 1. The van der Waals surface area contributed by atoms with Gasteiger partial charge in [-0.3, -0.25) is 4.39 Å². The van der Waals surface area contributed by atoms with Crippen molar-refractivity contribution in [2.24, 2.45) is 0 Å². The first-order chi connectivity index (χ1) is 10.4. The van der Waals surface area contributed by atoms with Gasteiger partial charge in [-0.25, -0.2) is 0 Å². The van der Waals surface area contributed by atoms with Crippen LogP contribution in [0, 0.1) is 0 Å². The molecule has 0 unspecified atom stereocenters. The molecular weight excluding hydrogens is 265 g/mol. The zero-order valence-electron chi connectivity index (χ0n) is 11.8. The van der Waals surface area contributed by atoms with E-state index in [1.165, 1.54) is 0 Å². The number of para-hydroxylation sites is 1. The molecule has 0 radical (unpaired) electrons. The van der Waals surface area contributed by atoms with Crippen molar-refractivity contribution >= 4 is 5.52 Å². The first-order valence-corrected chi connectivity index (χ1v) is 7.23. The molecule has 3 rings (SSSR count). The third kappa shape index (κ3) is 3.07. The van der Waals surface area contributed by atoms with Gasteiger partial charge in [-0.1, -0.05) is 24.3 Å². The summed E-state index contributed by atoms with van der Waals surface area (Å²) in [6, 6.07) is 16.2. The molecule has 0 fully saturated rings. The van der Waals surface area contributed by atoms with Gasteiger partial charge < -0.3 is 9.14 Å². The van der Waals surface area contributed by atoms with E-state index < -0.39 is 0 Å². The number of unbranched alkanes of at least 4 members (excludes halogenated alkanes) is 1. The molecule has 0 aliphatic heterocycles. The fourth-order valence-corrected chi connectivity index (χ4v) is 2.41. The van der Waals surface area contributed by atoms with Crippen molar-refractivity contribution in [3.05, 3.63) is 60.9 Å². The highest BCUT2D eigenvalue weighted by molar-refractivity contribution is 5.74. The maximum Gasteiger partial charge on any atom is 0.127 e. The number of hydrogen-bond acceptors (Lipinski definition) is 1. The molecule has 0 amide bonds. The lowest BCUT2D eigenvalue weighted by Crippen LogP contribution is -1.98.